The van der Waals surface area contributed by atoms with Gasteiger partial charge in [-0.25, -0.2) is 4.39 Å². The Balaban J connectivity index is 1.59. The van der Waals surface area contributed by atoms with E-state index in [1.54, 1.807) is 24.3 Å². The van der Waals surface area contributed by atoms with Gasteiger partial charge in [0.1, 0.15) is 17.0 Å². The van der Waals surface area contributed by atoms with Crippen LogP contribution in [0.3, 0.4) is 0 Å². The largest absolute Gasteiger partial charge is 0.379 e. The van der Waals surface area contributed by atoms with Crippen LogP contribution in [0.5, 0.6) is 0 Å². The van der Waals surface area contributed by atoms with Crippen LogP contribution in [-0.4, -0.2) is 61.5 Å². The van der Waals surface area contributed by atoms with Crippen molar-refractivity contribution in [3.8, 4) is 0 Å². The highest BCUT2D eigenvalue weighted by Gasteiger charge is 2.65. The lowest BCUT2D eigenvalue weighted by atomic mass is 9.62. The van der Waals surface area contributed by atoms with E-state index in [4.69, 9.17) is 27.9 Å². The van der Waals surface area contributed by atoms with Crippen LogP contribution >= 0.6 is 23.2 Å². The van der Waals surface area contributed by atoms with Gasteiger partial charge < -0.3 is 15.4 Å². The average molecular weight is 577 g/mol. The molecular formula is C30H36Cl2FN3O3. The molecule has 3 aliphatic rings. The molecule has 2 fully saturated rings. The zero-order valence-electron chi connectivity index (χ0n) is 22.7. The minimum Gasteiger partial charge on any atom is -0.379 e. The first-order chi connectivity index (χ1) is 18.5. The molecule has 0 bridgehead atoms. The molecule has 2 N–H and O–H groups in total. The second kappa shape index (κ2) is 11.1. The zero-order valence-corrected chi connectivity index (χ0v) is 24.2. The summed E-state index contributed by atoms with van der Waals surface area (Å²) in [6.07, 6.45) is 1.59. The van der Waals surface area contributed by atoms with E-state index < -0.39 is 29.2 Å². The molecule has 2 aromatic carbocycles. The summed E-state index contributed by atoms with van der Waals surface area (Å²) >= 11 is 12.6. The Morgan fingerprint density at radius 2 is 1.92 bits per heavy atom. The number of carbonyl (C=O) groups excluding carboxylic acids is 2. The molecule has 4 atom stereocenters. The van der Waals surface area contributed by atoms with E-state index in [9.17, 15) is 9.59 Å². The topological polar surface area (TPSA) is 70.7 Å². The number of ketones is 1. The predicted molar refractivity (Wildman–Crippen MR) is 152 cm³/mol. The molecule has 2 saturated heterocycles. The number of rotatable bonds is 7. The summed E-state index contributed by atoms with van der Waals surface area (Å²) < 4.78 is 21.2. The number of fused-ring (bicyclic) bond motifs is 2. The van der Waals surface area contributed by atoms with Crippen molar-refractivity contribution in [1.82, 2.24) is 10.2 Å². The number of nitrogens with one attached hydrogen (secondary N) is 2. The van der Waals surface area contributed by atoms with Crippen molar-refractivity contribution >= 4 is 40.6 Å². The number of amides is 1. The minimum atomic E-state index is -1.22. The van der Waals surface area contributed by atoms with Crippen LogP contribution in [0.2, 0.25) is 10.0 Å². The van der Waals surface area contributed by atoms with Gasteiger partial charge in [-0.2, -0.15) is 0 Å². The lowest BCUT2D eigenvalue weighted by molar-refractivity contribution is -0.122. The molecule has 39 heavy (non-hydrogen) atoms. The number of benzene rings is 2. The van der Waals surface area contributed by atoms with Crippen LogP contribution in [0.4, 0.5) is 10.1 Å². The van der Waals surface area contributed by atoms with Crippen LogP contribution in [0.25, 0.3) is 0 Å². The molecule has 6 nitrogen and oxygen atoms in total. The number of hydrogen-bond donors (Lipinski definition) is 2. The Hall–Kier alpha value is -2.03. The van der Waals surface area contributed by atoms with Crippen molar-refractivity contribution in [3.05, 3.63) is 63.4 Å². The average Bonchev–Trinajstić information content (AvgIpc) is 3.35. The first-order valence-corrected chi connectivity index (χ1v) is 14.4. The third-order valence-corrected chi connectivity index (χ3v) is 8.81. The third-order valence-electron chi connectivity index (χ3n) is 8.29. The summed E-state index contributed by atoms with van der Waals surface area (Å²) in [7, 11) is 0. The van der Waals surface area contributed by atoms with Crippen LogP contribution in [0.1, 0.15) is 57.1 Å². The van der Waals surface area contributed by atoms with Gasteiger partial charge in [0.25, 0.3) is 0 Å². The van der Waals surface area contributed by atoms with Gasteiger partial charge in [-0.15, -0.1) is 0 Å². The number of Topliss-reactive ketones (excluding diaryl/α,β-unsaturated/α-hetero) is 1. The molecule has 2 aromatic rings. The third kappa shape index (κ3) is 5.36. The summed E-state index contributed by atoms with van der Waals surface area (Å²) in [5, 5.41) is 7.04. The molecular weight excluding hydrogens is 540 g/mol. The molecule has 3 heterocycles. The van der Waals surface area contributed by atoms with Gasteiger partial charge in [0.2, 0.25) is 5.91 Å². The summed E-state index contributed by atoms with van der Waals surface area (Å²) in [5.74, 6) is -1.67. The maximum absolute atomic E-state index is 15.8. The summed E-state index contributed by atoms with van der Waals surface area (Å²) in [4.78, 5) is 30.4. The van der Waals surface area contributed by atoms with Crippen molar-refractivity contribution in [3.63, 3.8) is 0 Å². The van der Waals surface area contributed by atoms with E-state index >= 15 is 4.39 Å². The quantitative estimate of drug-likeness (QED) is 0.452. The van der Waals surface area contributed by atoms with Gasteiger partial charge in [0, 0.05) is 42.2 Å². The predicted octanol–water partition coefficient (Wildman–Crippen LogP) is 5.56. The highest BCUT2D eigenvalue weighted by molar-refractivity contribution is 6.31. The standard InChI is InChI=1S/C30H36Cl2FN3O3/c1-29(2,3)17-24-30(20-10-9-18(31)16-22(20)34-28(30)38)25(19-6-4-7-21(32)26(19)33)27(35-24)23(37)8-5-11-36-12-14-39-15-13-36/h4,6-7,9-10,16,24-25,27,35H,5,8,11-15,17H2,1-3H3,(H,34,38)/t24-,25+,27+,30+/m1/s1. The molecule has 0 saturated carbocycles. The zero-order chi connectivity index (χ0) is 27.9. The second-order valence-electron chi connectivity index (χ2n) is 12.1. The van der Waals surface area contributed by atoms with Gasteiger partial charge in [0.05, 0.1) is 24.3 Å². The monoisotopic (exact) mass is 575 g/mol. The number of carbonyl (C=O) groups is 2. The molecule has 9 heteroatoms. The maximum atomic E-state index is 15.8. The van der Waals surface area contributed by atoms with E-state index in [-0.39, 0.29) is 27.7 Å². The van der Waals surface area contributed by atoms with Crippen LogP contribution in [0.15, 0.2) is 36.4 Å². The van der Waals surface area contributed by atoms with Crippen molar-refractivity contribution < 1.29 is 18.7 Å². The first-order valence-electron chi connectivity index (χ1n) is 13.7. The Kier molecular flexibility index (Phi) is 8.11. The van der Waals surface area contributed by atoms with Crippen molar-refractivity contribution in [2.24, 2.45) is 5.41 Å². The summed E-state index contributed by atoms with van der Waals surface area (Å²) in [6, 6.07) is 8.96. The smallest absolute Gasteiger partial charge is 0.237 e. The van der Waals surface area contributed by atoms with Crippen molar-refractivity contribution in [1.29, 1.82) is 0 Å². The van der Waals surface area contributed by atoms with Crippen LogP contribution < -0.4 is 10.6 Å². The van der Waals surface area contributed by atoms with E-state index in [0.29, 0.717) is 43.2 Å². The van der Waals surface area contributed by atoms with Crippen LogP contribution in [-0.2, 0) is 19.7 Å². The number of anilines is 1. The molecule has 3 aliphatic heterocycles. The Bertz CT molecular complexity index is 1260. The Morgan fingerprint density at radius 1 is 1.18 bits per heavy atom. The lowest BCUT2D eigenvalue weighted by Gasteiger charge is -2.37. The first kappa shape index (κ1) is 28.5. The Morgan fingerprint density at radius 3 is 2.64 bits per heavy atom. The SMILES string of the molecule is CC(C)(C)C[C@H]1N[C@@H](C(=O)CCCN2CCOCC2)[C@H](c2cccc(Cl)c2F)[C@@]12C(=O)Nc1cc(Cl)ccc12. The summed E-state index contributed by atoms with van der Waals surface area (Å²) in [6.45, 7) is 10.2. The van der Waals surface area contributed by atoms with Gasteiger partial charge in [-0.1, -0.05) is 62.2 Å². The number of hydrogen-bond acceptors (Lipinski definition) is 5. The fourth-order valence-electron chi connectivity index (χ4n) is 6.66. The molecule has 210 valence electrons. The van der Waals surface area contributed by atoms with E-state index in [2.05, 4.69) is 36.3 Å². The lowest BCUT2D eigenvalue weighted by Crippen LogP contribution is -2.49. The van der Waals surface area contributed by atoms with Crippen molar-refractivity contribution in [2.75, 3.05) is 38.2 Å². The maximum Gasteiger partial charge on any atom is 0.237 e. The van der Waals surface area contributed by atoms with E-state index in [1.165, 1.54) is 6.07 Å². The molecule has 0 radical (unpaired) electrons. The fourth-order valence-corrected chi connectivity index (χ4v) is 7.02. The van der Waals surface area contributed by atoms with E-state index in [0.717, 1.165) is 25.2 Å². The van der Waals surface area contributed by atoms with Gasteiger partial charge in [0.15, 0.2) is 0 Å². The van der Waals surface area contributed by atoms with Gasteiger partial charge >= 0.3 is 0 Å². The number of halogens is 3. The molecule has 0 aromatic heterocycles. The molecule has 5 rings (SSSR count). The summed E-state index contributed by atoms with van der Waals surface area (Å²) in [5.41, 5.74) is 0.207. The molecule has 1 amide bonds. The van der Waals surface area contributed by atoms with Gasteiger partial charge in [-0.3, -0.25) is 14.5 Å². The molecule has 0 aliphatic carbocycles. The molecule has 1 spiro atoms. The fraction of sp³-hybridized carbons (Fsp3) is 0.533. The highest BCUT2D eigenvalue weighted by atomic mass is 35.5. The number of morpholine rings is 1. The normalized spacial score (nSPS) is 27.1. The minimum absolute atomic E-state index is 0.0290. The van der Waals surface area contributed by atoms with Gasteiger partial charge in [-0.05, 0) is 54.1 Å². The highest BCUT2D eigenvalue weighted by Crippen LogP contribution is 2.57. The second-order valence-corrected chi connectivity index (χ2v) is 13.0. The number of ether oxygens (including phenoxy) is 1. The molecule has 0 unspecified atom stereocenters. The number of nitrogens with zero attached hydrogens (tertiary/aromatic N) is 1. The van der Waals surface area contributed by atoms with Crippen LogP contribution in [0, 0.1) is 11.2 Å². The van der Waals surface area contributed by atoms with Crippen molar-refractivity contribution in [2.45, 2.75) is 63.5 Å². The van der Waals surface area contributed by atoms with E-state index in [1.807, 2.05) is 6.07 Å². The Labute approximate surface area is 239 Å².